The Hall–Kier alpha value is -2.73. The van der Waals surface area contributed by atoms with Crippen molar-refractivity contribution in [1.82, 2.24) is 0 Å². The first-order valence-corrected chi connectivity index (χ1v) is 9.56. The predicted molar refractivity (Wildman–Crippen MR) is 101 cm³/mol. The Morgan fingerprint density at radius 3 is 1.85 bits per heavy atom. The Labute approximate surface area is 161 Å². The Bertz CT molecular complexity index is 674. The van der Waals surface area contributed by atoms with Gasteiger partial charge in [-0.1, -0.05) is 20.3 Å². The lowest BCUT2D eigenvalue weighted by molar-refractivity contribution is -0.143. The van der Waals surface area contributed by atoms with Gasteiger partial charge >= 0.3 is 5.97 Å². The number of hydrogen-bond donors (Lipinski definition) is 0. The summed E-state index contributed by atoms with van der Waals surface area (Å²) >= 11 is 0. The van der Waals surface area contributed by atoms with Gasteiger partial charge < -0.3 is 14.2 Å². The van der Waals surface area contributed by atoms with Crippen molar-refractivity contribution in [3.8, 4) is 23.6 Å². The molecule has 1 aromatic carbocycles. The van der Waals surface area contributed by atoms with E-state index < -0.39 is 0 Å². The van der Waals surface area contributed by atoms with Crippen LogP contribution in [0, 0.1) is 22.7 Å². The van der Waals surface area contributed by atoms with E-state index in [0.717, 1.165) is 38.5 Å². The van der Waals surface area contributed by atoms with E-state index in [1.165, 1.54) is 0 Å². The highest BCUT2D eigenvalue weighted by atomic mass is 16.5. The second-order valence-electron chi connectivity index (χ2n) is 6.07. The number of unbranched alkanes of at least 4 members (excludes halogenated alkanes) is 4. The molecule has 0 bridgehead atoms. The van der Waals surface area contributed by atoms with Crippen LogP contribution in [0.4, 0.5) is 0 Å². The molecule has 1 aromatic rings. The summed E-state index contributed by atoms with van der Waals surface area (Å²) in [5.41, 5.74) is 0.446. The van der Waals surface area contributed by atoms with Crippen LogP contribution in [0.1, 0.15) is 69.9 Å². The maximum Gasteiger partial charge on any atom is 0.305 e. The Morgan fingerprint density at radius 2 is 1.37 bits per heavy atom. The average molecular weight is 372 g/mol. The summed E-state index contributed by atoms with van der Waals surface area (Å²) in [4.78, 5) is 11.0. The number of nitriles is 2. The van der Waals surface area contributed by atoms with Gasteiger partial charge in [0.2, 0.25) is 0 Å². The molecule has 0 N–H and O–H groups in total. The smallest absolute Gasteiger partial charge is 0.305 e. The summed E-state index contributed by atoms with van der Waals surface area (Å²) in [6.07, 6.45) is 5.83. The quantitative estimate of drug-likeness (QED) is 0.374. The van der Waals surface area contributed by atoms with Gasteiger partial charge in [0.15, 0.2) is 0 Å². The number of hydrogen-bond acceptors (Lipinski definition) is 6. The van der Waals surface area contributed by atoms with Gasteiger partial charge in [-0.15, -0.1) is 0 Å². The van der Waals surface area contributed by atoms with E-state index >= 15 is 0 Å². The predicted octanol–water partition coefficient (Wildman–Crippen LogP) is 4.50. The number of benzene rings is 1. The van der Waals surface area contributed by atoms with Gasteiger partial charge in [0.25, 0.3) is 0 Å². The van der Waals surface area contributed by atoms with Crippen LogP contribution in [0.3, 0.4) is 0 Å². The van der Waals surface area contributed by atoms with E-state index in [-0.39, 0.29) is 17.1 Å². The number of carbonyl (C=O) groups excluding carboxylic acids is 1. The van der Waals surface area contributed by atoms with Crippen LogP contribution in [0.15, 0.2) is 12.1 Å². The number of esters is 1. The number of nitrogens with zero attached hydrogens (tertiary/aromatic N) is 2. The van der Waals surface area contributed by atoms with Gasteiger partial charge in [-0.3, -0.25) is 4.79 Å². The van der Waals surface area contributed by atoms with Crippen molar-refractivity contribution in [3.05, 3.63) is 23.3 Å². The molecule has 6 heteroatoms. The van der Waals surface area contributed by atoms with Gasteiger partial charge in [-0.2, -0.15) is 10.5 Å². The molecule has 0 saturated carbocycles. The van der Waals surface area contributed by atoms with E-state index in [1.54, 1.807) is 19.1 Å². The van der Waals surface area contributed by atoms with Gasteiger partial charge in [0.05, 0.1) is 19.8 Å². The molecule has 0 fully saturated rings. The van der Waals surface area contributed by atoms with E-state index in [4.69, 9.17) is 14.2 Å². The second kappa shape index (κ2) is 13.5. The molecule has 0 aromatic heterocycles. The molecule has 0 heterocycles. The molecule has 0 saturated heterocycles. The largest absolute Gasteiger partial charge is 0.492 e. The number of carbonyl (C=O) groups is 1. The third-order valence-electron chi connectivity index (χ3n) is 3.96. The molecule has 146 valence electrons. The lowest BCUT2D eigenvalue weighted by atomic mass is 10.1. The summed E-state index contributed by atoms with van der Waals surface area (Å²) in [5, 5.41) is 18.8. The Balaban J connectivity index is 2.45. The molecular weight excluding hydrogens is 344 g/mol. The minimum Gasteiger partial charge on any atom is -0.492 e. The SMILES string of the molecule is CCCCOc1ccc(OCCCCCCOC(=O)CC)c(C#N)c1C#N. The fourth-order valence-corrected chi connectivity index (χ4v) is 2.38. The zero-order chi connectivity index (χ0) is 19.9. The van der Waals surface area contributed by atoms with Crippen molar-refractivity contribution < 1.29 is 19.0 Å². The van der Waals surface area contributed by atoms with Crippen LogP contribution >= 0.6 is 0 Å². The normalized spacial score (nSPS) is 9.93. The first-order chi connectivity index (χ1) is 13.2. The Morgan fingerprint density at radius 1 is 0.852 bits per heavy atom. The molecular formula is C21H28N2O4. The zero-order valence-corrected chi connectivity index (χ0v) is 16.3. The first kappa shape index (κ1) is 22.3. The third kappa shape index (κ3) is 8.00. The summed E-state index contributed by atoms with van der Waals surface area (Å²) in [5.74, 6) is 0.669. The fraction of sp³-hybridized carbons (Fsp3) is 0.571. The van der Waals surface area contributed by atoms with Crippen molar-refractivity contribution in [3.63, 3.8) is 0 Å². The summed E-state index contributed by atoms with van der Waals surface area (Å²) in [6, 6.07) is 7.48. The van der Waals surface area contributed by atoms with Gasteiger partial charge in [0.1, 0.15) is 34.8 Å². The molecule has 1 rings (SSSR count). The Kier molecular flexibility index (Phi) is 11.1. The first-order valence-electron chi connectivity index (χ1n) is 9.56. The summed E-state index contributed by atoms with van der Waals surface area (Å²) < 4.78 is 16.3. The van der Waals surface area contributed by atoms with Gasteiger partial charge in [-0.25, -0.2) is 0 Å². The van der Waals surface area contributed by atoms with Crippen LogP contribution in [-0.2, 0) is 9.53 Å². The van der Waals surface area contributed by atoms with Crippen molar-refractivity contribution in [2.24, 2.45) is 0 Å². The van der Waals surface area contributed by atoms with Crippen LogP contribution in [-0.4, -0.2) is 25.8 Å². The van der Waals surface area contributed by atoms with Crippen molar-refractivity contribution in [2.45, 2.75) is 58.8 Å². The zero-order valence-electron chi connectivity index (χ0n) is 16.3. The molecule has 0 atom stereocenters. The van der Waals surface area contributed by atoms with E-state index in [9.17, 15) is 15.3 Å². The molecule has 27 heavy (non-hydrogen) atoms. The topological polar surface area (TPSA) is 92.3 Å². The van der Waals surface area contributed by atoms with Crippen molar-refractivity contribution >= 4 is 5.97 Å². The highest BCUT2D eigenvalue weighted by molar-refractivity contribution is 5.68. The molecule has 6 nitrogen and oxygen atoms in total. The highest BCUT2D eigenvalue weighted by Gasteiger charge is 2.15. The molecule has 0 amide bonds. The van der Waals surface area contributed by atoms with Crippen molar-refractivity contribution in [2.75, 3.05) is 19.8 Å². The summed E-state index contributed by atoms with van der Waals surface area (Å²) in [6.45, 7) is 5.27. The molecule has 0 aliphatic heterocycles. The fourth-order valence-electron chi connectivity index (χ4n) is 2.38. The molecule has 0 aliphatic rings. The lowest BCUT2D eigenvalue weighted by Crippen LogP contribution is -2.05. The van der Waals surface area contributed by atoms with Gasteiger partial charge in [-0.05, 0) is 44.2 Å². The minimum absolute atomic E-state index is 0.169. The number of ether oxygens (including phenoxy) is 3. The van der Waals surface area contributed by atoms with Gasteiger partial charge in [0, 0.05) is 6.42 Å². The van der Waals surface area contributed by atoms with Crippen LogP contribution in [0.2, 0.25) is 0 Å². The molecule has 0 spiro atoms. The van der Waals surface area contributed by atoms with E-state index in [2.05, 4.69) is 19.1 Å². The van der Waals surface area contributed by atoms with E-state index in [1.807, 2.05) is 0 Å². The average Bonchev–Trinajstić information content (AvgIpc) is 2.69. The lowest BCUT2D eigenvalue weighted by Gasteiger charge is -2.12. The monoisotopic (exact) mass is 372 g/mol. The maximum absolute atomic E-state index is 11.0. The van der Waals surface area contributed by atoms with Crippen LogP contribution in [0.25, 0.3) is 0 Å². The summed E-state index contributed by atoms with van der Waals surface area (Å²) in [7, 11) is 0. The molecule has 0 unspecified atom stereocenters. The minimum atomic E-state index is -0.169. The maximum atomic E-state index is 11.0. The molecule has 0 radical (unpaired) electrons. The molecule has 0 aliphatic carbocycles. The highest BCUT2D eigenvalue weighted by Crippen LogP contribution is 2.30. The second-order valence-corrected chi connectivity index (χ2v) is 6.07. The van der Waals surface area contributed by atoms with Crippen molar-refractivity contribution in [1.29, 1.82) is 10.5 Å². The van der Waals surface area contributed by atoms with Crippen LogP contribution < -0.4 is 9.47 Å². The van der Waals surface area contributed by atoms with E-state index in [0.29, 0.717) is 37.7 Å². The number of rotatable bonds is 13. The van der Waals surface area contributed by atoms with Crippen LogP contribution in [0.5, 0.6) is 11.5 Å². The third-order valence-corrected chi connectivity index (χ3v) is 3.96. The standard InChI is InChI=1S/C21H28N2O4/c1-3-5-12-25-19-10-11-20(18(16-23)17(19)15-22)26-13-8-6-7-9-14-27-21(24)4-2/h10-11H,3-9,12-14H2,1-2H3.